The number of nitrogens with one attached hydrogen (secondary N) is 1. The molecular formula is C22H19IN2O4. The molecule has 1 N–H and O–H groups in total. The summed E-state index contributed by atoms with van der Waals surface area (Å²) in [5.74, 6) is 3.60. The maximum absolute atomic E-state index is 12.5. The molecule has 2 rings (SSSR count). The van der Waals surface area contributed by atoms with Gasteiger partial charge in [-0.1, -0.05) is 5.92 Å². The third-order valence-electron chi connectivity index (χ3n) is 3.66. The van der Waals surface area contributed by atoms with Crippen LogP contribution in [-0.4, -0.2) is 26.2 Å². The minimum absolute atomic E-state index is 0.0450. The van der Waals surface area contributed by atoms with Gasteiger partial charge in [-0.25, -0.2) is 0 Å². The fourth-order valence-corrected chi connectivity index (χ4v) is 3.16. The molecule has 7 heteroatoms. The van der Waals surface area contributed by atoms with Crippen molar-refractivity contribution in [3.05, 3.63) is 51.1 Å². The molecule has 0 atom stereocenters. The topological polar surface area (TPSA) is 80.6 Å². The predicted octanol–water partition coefficient (Wildman–Crippen LogP) is 4.26. The van der Waals surface area contributed by atoms with Crippen molar-refractivity contribution in [2.45, 2.75) is 6.92 Å². The molecule has 0 saturated heterocycles. The molecule has 0 bridgehead atoms. The lowest BCUT2D eigenvalue weighted by Crippen LogP contribution is -2.13. The molecule has 0 aliphatic heterocycles. The summed E-state index contributed by atoms with van der Waals surface area (Å²) >= 11 is 2.09. The van der Waals surface area contributed by atoms with Crippen molar-refractivity contribution in [2.75, 3.05) is 25.6 Å². The number of carbonyl (C=O) groups excluding carboxylic acids is 1. The van der Waals surface area contributed by atoms with E-state index in [1.165, 1.54) is 6.08 Å². The molecular weight excluding hydrogens is 483 g/mol. The van der Waals surface area contributed by atoms with Crippen molar-refractivity contribution >= 4 is 40.3 Å². The Morgan fingerprint density at radius 1 is 1.28 bits per heavy atom. The highest BCUT2D eigenvalue weighted by Crippen LogP contribution is 2.35. The number of methoxy groups -OCH3 is 1. The van der Waals surface area contributed by atoms with E-state index in [0.29, 0.717) is 35.1 Å². The molecule has 0 aliphatic carbocycles. The second-order valence-corrected chi connectivity index (χ2v) is 6.77. The second kappa shape index (κ2) is 11.0. The Kier molecular flexibility index (Phi) is 8.38. The van der Waals surface area contributed by atoms with Gasteiger partial charge >= 0.3 is 0 Å². The van der Waals surface area contributed by atoms with E-state index < -0.39 is 5.91 Å². The van der Waals surface area contributed by atoms with Gasteiger partial charge in [0.05, 0.1) is 17.3 Å². The Hall–Kier alpha value is -3.17. The Morgan fingerprint density at radius 3 is 2.59 bits per heavy atom. The van der Waals surface area contributed by atoms with Gasteiger partial charge in [0, 0.05) is 5.69 Å². The highest BCUT2D eigenvalue weighted by Gasteiger charge is 2.14. The van der Waals surface area contributed by atoms with Crippen LogP contribution in [0.15, 0.2) is 42.0 Å². The molecule has 2 aromatic rings. The van der Waals surface area contributed by atoms with Crippen LogP contribution in [0, 0.1) is 27.2 Å². The molecule has 0 heterocycles. The minimum atomic E-state index is -0.515. The summed E-state index contributed by atoms with van der Waals surface area (Å²) in [5.41, 5.74) is 1.14. The van der Waals surface area contributed by atoms with Gasteiger partial charge in [0.25, 0.3) is 5.91 Å². The molecule has 0 unspecified atom stereocenters. The van der Waals surface area contributed by atoms with E-state index in [1.54, 1.807) is 43.5 Å². The average Bonchev–Trinajstić information content (AvgIpc) is 2.72. The molecule has 0 aliphatic rings. The van der Waals surface area contributed by atoms with Crippen molar-refractivity contribution in [1.82, 2.24) is 0 Å². The highest BCUT2D eigenvalue weighted by molar-refractivity contribution is 14.1. The lowest BCUT2D eigenvalue weighted by molar-refractivity contribution is -0.112. The fraction of sp³-hybridized carbons (Fsp3) is 0.182. The van der Waals surface area contributed by atoms with E-state index >= 15 is 0 Å². The monoisotopic (exact) mass is 502 g/mol. The standard InChI is InChI=1S/C22H19IN2O4/c1-4-10-29-21-19(23)12-15(13-20(21)28-5-2)11-16(14-24)22(26)25-17-6-8-18(27-3)9-7-17/h1,6-9,11-13H,5,10H2,2-3H3,(H,25,26)/b16-11+. The number of rotatable bonds is 8. The first-order valence-electron chi connectivity index (χ1n) is 8.62. The van der Waals surface area contributed by atoms with Gasteiger partial charge in [0.1, 0.15) is 24.0 Å². The van der Waals surface area contributed by atoms with Crippen LogP contribution in [0.5, 0.6) is 17.2 Å². The number of nitrogens with zero attached hydrogens (tertiary/aromatic N) is 1. The fourth-order valence-electron chi connectivity index (χ4n) is 2.38. The average molecular weight is 502 g/mol. The molecule has 1 amide bonds. The molecule has 0 fully saturated rings. The molecule has 6 nitrogen and oxygen atoms in total. The van der Waals surface area contributed by atoms with Crippen molar-refractivity contribution < 1.29 is 19.0 Å². The van der Waals surface area contributed by atoms with Crippen LogP contribution in [0.4, 0.5) is 5.69 Å². The van der Waals surface area contributed by atoms with Gasteiger partial charge in [-0.2, -0.15) is 5.26 Å². The summed E-state index contributed by atoms with van der Waals surface area (Å²) in [5, 5.41) is 12.1. The number of halogens is 1. The lowest BCUT2D eigenvalue weighted by Gasteiger charge is -2.13. The van der Waals surface area contributed by atoms with Gasteiger partial charge in [-0.05, 0) is 77.6 Å². The largest absolute Gasteiger partial charge is 0.497 e. The van der Waals surface area contributed by atoms with Crippen LogP contribution < -0.4 is 19.5 Å². The summed E-state index contributed by atoms with van der Waals surface area (Å²) < 4.78 is 17.0. The van der Waals surface area contributed by atoms with Gasteiger partial charge < -0.3 is 19.5 Å². The SMILES string of the molecule is C#CCOc1c(I)cc(/C=C(\C#N)C(=O)Nc2ccc(OC)cc2)cc1OCC. The zero-order valence-electron chi connectivity index (χ0n) is 16.0. The quantitative estimate of drug-likeness (QED) is 0.253. The summed E-state index contributed by atoms with van der Waals surface area (Å²) in [6, 6.07) is 12.3. The zero-order chi connectivity index (χ0) is 21.2. The molecule has 0 aromatic heterocycles. The van der Waals surface area contributed by atoms with Crippen molar-refractivity contribution in [1.29, 1.82) is 5.26 Å². The van der Waals surface area contributed by atoms with Crippen LogP contribution in [0.25, 0.3) is 6.08 Å². The zero-order valence-corrected chi connectivity index (χ0v) is 18.1. The van der Waals surface area contributed by atoms with Crippen molar-refractivity contribution in [3.63, 3.8) is 0 Å². The van der Waals surface area contributed by atoms with E-state index in [1.807, 2.05) is 13.0 Å². The number of terminal acetylenes is 1. The maximum Gasteiger partial charge on any atom is 0.266 e. The van der Waals surface area contributed by atoms with Gasteiger partial charge in [-0.3, -0.25) is 4.79 Å². The van der Waals surface area contributed by atoms with E-state index in [9.17, 15) is 10.1 Å². The first kappa shape index (κ1) is 22.1. The Labute approximate surface area is 183 Å². The third kappa shape index (κ3) is 6.16. The van der Waals surface area contributed by atoms with E-state index in [0.717, 1.165) is 3.57 Å². The molecule has 2 aromatic carbocycles. The molecule has 148 valence electrons. The van der Waals surface area contributed by atoms with Gasteiger partial charge in [0.2, 0.25) is 0 Å². The number of hydrogen-bond donors (Lipinski definition) is 1. The number of anilines is 1. The van der Waals surface area contributed by atoms with Gasteiger partial charge in [0.15, 0.2) is 11.5 Å². The second-order valence-electron chi connectivity index (χ2n) is 5.61. The minimum Gasteiger partial charge on any atom is -0.497 e. The number of carbonyl (C=O) groups is 1. The van der Waals surface area contributed by atoms with E-state index in [-0.39, 0.29) is 12.2 Å². The van der Waals surface area contributed by atoms with Crippen molar-refractivity contribution in [2.24, 2.45) is 0 Å². The Morgan fingerprint density at radius 2 is 2.00 bits per heavy atom. The first-order valence-corrected chi connectivity index (χ1v) is 9.70. The normalized spacial score (nSPS) is 10.4. The molecule has 0 spiro atoms. The lowest BCUT2D eigenvalue weighted by atomic mass is 10.1. The molecule has 0 saturated carbocycles. The number of hydrogen-bond acceptors (Lipinski definition) is 5. The van der Waals surface area contributed by atoms with Crippen molar-refractivity contribution in [3.8, 4) is 35.7 Å². The molecule has 0 radical (unpaired) electrons. The molecule has 29 heavy (non-hydrogen) atoms. The predicted molar refractivity (Wildman–Crippen MR) is 120 cm³/mol. The van der Waals surface area contributed by atoms with Gasteiger partial charge in [-0.15, -0.1) is 6.42 Å². The number of nitriles is 1. The Balaban J connectivity index is 2.29. The van der Waals surface area contributed by atoms with Crippen LogP contribution in [0.1, 0.15) is 12.5 Å². The number of amides is 1. The van der Waals surface area contributed by atoms with Crippen LogP contribution >= 0.6 is 22.6 Å². The van der Waals surface area contributed by atoms with E-state index in [2.05, 4.69) is 33.8 Å². The van der Waals surface area contributed by atoms with Crippen LogP contribution in [0.2, 0.25) is 0 Å². The summed E-state index contributed by atoms with van der Waals surface area (Å²) in [4.78, 5) is 12.5. The van der Waals surface area contributed by atoms with Crippen LogP contribution in [0.3, 0.4) is 0 Å². The third-order valence-corrected chi connectivity index (χ3v) is 4.46. The smallest absolute Gasteiger partial charge is 0.266 e. The summed E-state index contributed by atoms with van der Waals surface area (Å²) in [7, 11) is 1.56. The summed E-state index contributed by atoms with van der Waals surface area (Å²) in [6.45, 7) is 2.39. The number of benzene rings is 2. The maximum atomic E-state index is 12.5. The number of ether oxygens (including phenoxy) is 3. The summed E-state index contributed by atoms with van der Waals surface area (Å²) in [6.07, 6.45) is 6.76. The first-order chi connectivity index (χ1) is 14.0. The van der Waals surface area contributed by atoms with Crippen LogP contribution in [-0.2, 0) is 4.79 Å². The Bertz CT molecular complexity index is 986. The highest BCUT2D eigenvalue weighted by atomic mass is 127. The van der Waals surface area contributed by atoms with E-state index in [4.69, 9.17) is 20.6 Å².